The summed E-state index contributed by atoms with van der Waals surface area (Å²) in [4.78, 5) is 29.1. The van der Waals surface area contributed by atoms with Crippen LogP contribution in [0.2, 0.25) is 0 Å². The molecule has 0 unspecified atom stereocenters. The van der Waals surface area contributed by atoms with Crippen molar-refractivity contribution in [3.8, 4) is 0 Å². The second kappa shape index (κ2) is 10.2. The van der Waals surface area contributed by atoms with E-state index in [9.17, 15) is 9.59 Å². The second-order valence-corrected chi connectivity index (χ2v) is 9.09. The fraction of sp³-hybridized carbons (Fsp3) is 0.462. The Morgan fingerprint density at radius 1 is 1.09 bits per heavy atom. The Kier molecular flexibility index (Phi) is 7.56. The molecule has 0 atom stereocenters. The van der Waals surface area contributed by atoms with E-state index in [1.807, 2.05) is 24.0 Å². The molecule has 0 radical (unpaired) electrons. The summed E-state index contributed by atoms with van der Waals surface area (Å²) >= 11 is 0. The van der Waals surface area contributed by atoms with Crippen LogP contribution in [0.5, 0.6) is 0 Å². The van der Waals surface area contributed by atoms with Crippen molar-refractivity contribution in [2.75, 3.05) is 45.7 Å². The Morgan fingerprint density at radius 2 is 1.75 bits per heavy atom. The van der Waals surface area contributed by atoms with Gasteiger partial charge in [-0.2, -0.15) is 0 Å². The molecule has 1 fully saturated rings. The van der Waals surface area contributed by atoms with E-state index in [0.717, 1.165) is 31.5 Å². The highest BCUT2D eigenvalue weighted by molar-refractivity contribution is 5.97. The summed E-state index contributed by atoms with van der Waals surface area (Å²) in [5.41, 5.74) is 4.87. The highest BCUT2D eigenvalue weighted by Crippen LogP contribution is 2.35. The number of likely N-dealkylation sites (tertiary alicyclic amines) is 1. The minimum atomic E-state index is -0.221. The summed E-state index contributed by atoms with van der Waals surface area (Å²) in [6, 6.07) is 14.0. The van der Waals surface area contributed by atoms with Gasteiger partial charge in [-0.25, -0.2) is 4.79 Å². The molecule has 32 heavy (non-hydrogen) atoms. The molecule has 6 heteroatoms. The number of likely N-dealkylation sites (N-methyl/N-ethyl adjacent to an activating group) is 1. The van der Waals surface area contributed by atoms with Crippen molar-refractivity contribution in [3.63, 3.8) is 0 Å². The summed E-state index contributed by atoms with van der Waals surface area (Å²) in [6.07, 6.45) is 1.86. The van der Waals surface area contributed by atoms with E-state index in [-0.39, 0.29) is 17.4 Å². The fourth-order valence-corrected chi connectivity index (χ4v) is 4.06. The summed E-state index contributed by atoms with van der Waals surface area (Å²) in [5, 5.41) is 2.92. The maximum Gasteiger partial charge on any atom is 0.321 e. The molecule has 3 amide bonds. The van der Waals surface area contributed by atoms with Gasteiger partial charge in [0.2, 0.25) is 0 Å². The lowest BCUT2D eigenvalue weighted by atomic mass is 9.74. The summed E-state index contributed by atoms with van der Waals surface area (Å²) in [5.74, 6) is 0.0131. The first-order valence-electron chi connectivity index (χ1n) is 11.2. The first kappa shape index (κ1) is 23.8. The monoisotopic (exact) mass is 437 g/mol. The Hall–Kier alpha value is -2.86. The zero-order valence-corrected chi connectivity index (χ0v) is 19.9. The van der Waals surface area contributed by atoms with Gasteiger partial charge in [0.25, 0.3) is 5.91 Å². The maximum absolute atomic E-state index is 13.2. The molecule has 3 rings (SSSR count). The molecular formula is C26H35N3O3. The third-order valence-corrected chi connectivity index (χ3v) is 6.61. The van der Waals surface area contributed by atoms with Crippen LogP contribution in [-0.4, -0.2) is 62.1 Å². The number of anilines is 1. The number of amides is 3. The van der Waals surface area contributed by atoms with E-state index in [4.69, 9.17) is 4.74 Å². The minimum absolute atomic E-state index is 0.0131. The molecule has 2 aromatic rings. The van der Waals surface area contributed by atoms with Crippen LogP contribution < -0.4 is 5.32 Å². The molecule has 1 aliphatic heterocycles. The van der Waals surface area contributed by atoms with Gasteiger partial charge in [-0.15, -0.1) is 0 Å². The summed E-state index contributed by atoms with van der Waals surface area (Å²) in [7, 11) is 3.33. The Balaban J connectivity index is 1.66. The lowest BCUT2D eigenvalue weighted by Gasteiger charge is -2.40. The zero-order chi connectivity index (χ0) is 23.3. The molecule has 1 saturated heterocycles. The van der Waals surface area contributed by atoms with Gasteiger partial charge in [0.15, 0.2) is 0 Å². The fourth-order valence-electron chi connectivity index (χ4n) is 4.06. The topological polar surface area (TPSA) is 61.9 Å². The number of hydrogen-bond acceptors (Lipinski definition) is 3. The van der Waals surface area contributed by atoms with E-state index in [2.05, 4.69) is 43.4 Å². The average Bonchev–Trinajstić information content (AvgIpc) is 2.79. The van der Waals surface area contributed by atoms with Crippen molar-refractivity contribution < 1.29 is 14.3 Å². The van der Waals surface area contributed by atoms with Crippen LogP contribution in [0.3, 0.4) is 0 Å². The number of carbonyl (C=O) groups is 2. The van der Waals surface area contributed by atoms with E-state index in [1.165, 1.54) is 11.1 Å². The van der Waals surface area contributed by atoms with Gasteiger partial charge in [-0.1, -0.05) is 42.8 Å². The van der Waals surface area contributed by atoms with Gasteiger partial charge >= 0.3 is 6.03 Å². The standard InChI is InChI=1S/C26H35N3O3/c1-19-6-10-22(11-7-19)26(3)12-14-29(15-13-26)24(30)21-9-8-20(2)23(18-21)27-25(31)28(4)16-17-32-5/h6-11,18H,12-17H2,1-5H3,(H,27,31). The molecule has 6 nitrogen and oxygen atoms in total. The molecule has 0 spiro atoms. The number of piperidine rings is 1. The number of urea groups is 1. The Morgan fingerprint density at radius 3 is 2.38 bits per heavy atom. The van der Waals surface area contributed by atoms with Crippen LogP contribution >= 0.6 is 0 Å². The van der Waals surface area contributed by atoms with Crippen molar-refractivity contribution in [3.05, 3.63) is 64.7 Å². The second-order valence-electron chi connectivity index (χ2n) is 9.09. The van der Waals surface area contributed by atoms with Crippen molar-refractivity contribution in [2.24, 2.45) is 0 Å². The van der Waals surface area contributed by atoms with Gasteiger partial charge in [0.1, 0.15) is 0 Å². The van der Waals surface area contributed by atoms with Gasteiger partial charge in [0, 0.05) is 45.0 Å². The van der Waals surface area contributed by atoms with Crippen LogP contribution in [0.1, 0.15) is 46.8 Å². The van der Waals surface area contributed by atoms with Gasteiger partial charge in [0.05, 0.1) is 6.61 Å². The number of nitrogens with zero attached hydrogens (tertiary/aromatic N) is 2. The van der Waals surface area contributed by atoms with Crippen LogP contribution in [0.4, 0.5) is 10.5 Å². The zero-order valence-electron chi connectivity index (χ0n) is 19.9. The van der Waals surface area contributed by atoms with Gasteiger partial charge in [-0.3, -0.25) is 4.79 Å². The Labute approximate surface area is 191 Å². The Bertz CT molecular complexity index is 947. The van der Waals surface area contributed by atoms with Gasteiger partial charge in [-0.05, 0) is 55.4 Å². The molecule has 0 aromatic heterocycles. The van der Waals surface area contributed by atoms with E-state index in [1.54, 1.807) is 25.1 Å². The summed E-state index contributed by atoms with van der Waals surface area (Å²) < 4.78 is 5.03. The number of nitrogens with one attached hydrogen (secondary N) is 1. The van der Waals surface area contributed by atoms with E-state index < -0.39 is 0 Å². The van der Waals surface area contributed by atoms with Crippen LogP contribution in [-0.2, 0) is 10.2 Å². The van der Waals surface area contributed by atoms with Crippen molar-refractivity contribution >= 4 is 17.6 Å². The van der Waals surface area contributed by atoms with E-state index >= 15 is 0 Å². The normalized spacial score (nSPS) is 15.3. The average molecular weight is 438 g/mol. The number of benzene rings is 2. The summed E-state index contributed by atoms with van der Waals surface area (Å²) in [6.45, 7) is 8.72. The quantitative estimate of drug-likeness (QED) is 0.718. The largest absolute Gasteiger partial charge is 0.383 e. The molecule has 2 aromatic carbocycles. The SMILES string of the molecule is COCCN(C)C(=O)Nc1cc(C(=O)N2CCC(C)(c3ccc(C)cc3)CC2)ccc1C. The number of ether oxygens (including phenoxy) is 1. The third kappa shape index (κ3) is 5.49. The van der Waals surface area contributed by atoms with Crippen LogP contribution in [0, 0.1) is 13.8 Å². The van der Waals surface area contributed by atoms with Crippen molar-refractivity contribution in [1.29, 1.82) is 0 Å². The molecule has 1 heterocycles. The molecule has 0 bridgehead atoms. The maximum atomic E-state index is 13.2. The highest BCUT2D eigenvalue weighted by atomic mass is 16.5. The predicted molar refractivity (Wildman–Crippen MR) is 128 cm³/mol. The highest BCUT2D eigenvalue weighted by Gasteiger charge is 2.33. The number of hydrogen-bond donors (Lipinski definition) is 1. The molecule has 0 aliphatic carbocycles. The predicted octanol–water partition coefficient (Wildman–Crippen LogP) is 4.61. The third-order valence-electron chi connectivity index (χ3n) is 6.61. The van der Waals surface area contributed by atoms with Crippen molar-refractivity contribution in [1.82, 2.24) is 9.80 Å². The molecule has 172 valence electrons. The first-order valence-corrected chi connectivity index (χ1v) is 11.2. The molecular weight excluding hydrogens is 402 g/mol. The molecule has 1 N–H and O–H groups in total. The van der Waals surface area contributed by atoms with Crippen LogP contribution in [0.25, 0.3) is 0 Å². The number of methoxy groups -OCH3 is 1. The smallest absolute Gasteiger partial charge is 0.321 e. The van der Waals surface area contributed by atoms with E-state index in [0.29, 0.717) is 24.4 Å². The molecule has 0 saturated carbocycles. The first-order chi connectivity index (χ1) is 15.2. The number of rotatable bonds is 6. The van der Waals surface area contributed by atoms with Crippen LogP contribution in [0.15, 0.2) is 42.5 Å². The lowest BCUT2D eigenvalue weighted by Crippen LogP contribution is -2.44. The van der Waals surface area contributed by atoms with Gasteiger partial charge < -0.3 is 19.9 Å². The van der Waals surface area contributed by atoms with Crippen molar-refractivity contribution in [2.45, 2.75) is 39.0 Å². The lowest BCUT2D eigenvalue weighted by molar-refractivity contribution is 0.0676. The number of carbonyl (C=O) groups excluding carboxylic acids is 2. The molecule has 1 aliphatic rings. The minimum Gasteiger partial charge on any atom is -0.383 e. The number of aryl methyl sites for hydroxylation is 2.